The van der Waals surface area contributed by atoms with Gasteiger partial charge in [0.25, 0.3) is 0 Å². The second-order valence-corrected chi connectivity index (χ2v) is 5.03. The molecular weight excluding hydrogens is 241 g/mol. The van der Waals surface area contributed by atoms with Gasteiger partial charge in [-0.1, -0.05) is 38.8 Å². The minimum absolute atomic E-state index is 0.194. The summed E-state index contributed by atoms with van der Waals surface area (Å²) in [5, 5.41) is 12.7. The first-order valence-electron chi connectivity index (χ1n) is 7.33. The Kier molecular flexibility index (Phi) is 7.68. The summed E-state index contributed by atoms with van der Waals surface area (Å²) < 4.78 is 13.0. The first kappa shape index (κ1) is 16.1. The van der Waals surface area contributed by atoms with E-state index in [-0.39, 0.29) is 18.5 Å². The molecule has 0 amide bonds. The van der Waals surface area contributed by atoms with Crippen LogP contribution in [-0.4, -0.2) is 17.8 Å². The molecule has 0 spiro atoms. The Hall–Kier alpha value is -0.930. The summed E-state index contributed by atoms with van der Waals surface area (Å²) in [4.78, 5) is 0. The van der Waals surface area contributed by atoms with Crippen LogP contribution in [0.15, 0.2) is 24.3 Å². The molecule has 0 aliphatic carbocycles. The van der Waals surface area contributed by atoms with Crippen molar-refractivity contribution in [2.75, 3.05) is 6.61 Å². The molecule has 1 aromatic carbocycles. The summed E-state index contributed by atoms with van der Waals surface area (Å²) in [6, 6.07) is 7.31. The summed E-state index contributed by atoms with van der Waals surface area (Å²) in [5.74, 6) is -0.194. The number of aliphatic hydroxyl groups excluding tert-OH is 1. The van der Waals surface area contributed by atoms with E-state index >= 15 is 0 Å². The fourth-order valence-corrected chi connectivity index (χ4v) is 2.30. The van der Waals surface area contributed by atoms with Gasteiger partial charge in [0, 0.05) is 18.7 Å². The van der Waals surface area contributed by atoms with Crippen LogP contribution in [0.4, 0.5) is 4.39 Å². The maximum atomic E-state index is 13.0. The number of benzene rings is 1. The second kappa shape index (κ2) is 9.05. The molecule has 19 heavy (non-hydrogen) atoms. The smallest absolute Gasteiger partial charge is 0.123 e. The van der Waals surface area contributed by atoms with Gasteiger partial charge in [0.15, 0.2) is 0 Å². The molecule has 0 bridgehead atoms. The summed E-state index contributed by atoms with van der Waals surface area (Å²) in [6.07, 6.45) is 5.09. The molecule has 0 saturated heterocycles. The van der Waals surface area contributed by atoms with Gasteiger partial charge in [-0.05, 0) is 37.0 Å². The topological polar surface area (TPSA) is 32.3 Å². The number of halogens is 1. The van der Waals surface area contributed by atoms with Gasteiger partial charge in [0.05, 0.1) is 0 Å². The Bertz CT molecular complexity index is 339. The maximum absolute atomic E-state index is 13.0. The lowest BCUT2D eigenvalue weighted by atomic mass is 9.99. The fourth-order valence-electron chi connectivity index (χ4n) is 2.30. The highest BCUT2D eigenvalue weighted by Gasteiger charge is 2.15. The summed E-state index contributed by atoms with van der Waals surface area (Å²) in [6.45, 7) is 4.50. The first-order chi connectivity index (χ1) is 9.21. The van der Waals surface area contributed by atoms with Gasteiger partial charge in [0.1, 0.15) is 5.82 Å². The quantitative estimate of drug-likeness (QED) is 0.713. The Morgan fingerprint density at radius 2 is 1.84 bits per heavy atom. The van der Waals surface area contributed by atoms with Crippen molar-refractivity contribution in [2.45, 2.75) is 58.0 Å². The number of aliphatic hydroxyl groups is 1. The molecule has 1 rings (SSSR count). The van der Waals surface area contributed by atoms with E-state index in [2.05, 4.69) is 19.2 Å². The zero-order valence-electron chi connectivity index (χ0n) is 12.0. The molecule has 0 aliphatic rings. The minimum atomic E-state index is -0.194. The normalized spacial score (nSPS) is 14.3. The Balaban J connectivity index is 2.72. The highest BCUT2D eigenvalue weighted by molar-refractivity contribution is 5.20. The van der Waals surface area contributed by atoms with Gasteiger partial charge in [-0.15, -0.1) is 0 Å². The molecule has 0 heterocycles. The van der Waals surface area contributed by atoms with Crippen molar-refractivity contribution in [3.05, 3.63) is 35.6 Å². The molecule has 2 N–H and O–H groups in total. The van der Waals surface area contributed by atoms with Crippen LogP contribution in [0, 0.1) is 5.82 Å². The van der Waals surface area contributed by atoms with Crippen LogP contribution in [0.25, 0.3) is 0 Å². The maximum Gasteiger partial charge on any atom is 0.123 e. The zero-order valence-corrected chi connectivity index (χ0v) is 12.0. The Labute approximate surface area is 116 Å². The standard InChI is InChI=1S/C16H26FNO/c1-3-5-6-16(18-15(4-2)11-12-19)13-7-9-14(17)10-8-13/h7-10,15-16,18-19H,3-6,11-12H2,1-2H3. The van der Waals surface area contributed by atoms with Gasteiger partial charge in [-0.25, -0.2) is 4.39 Å². The molecule has 1 aromatic rings. The summed E-state index contributed by atoms with van der Waals surface area (Å²) >= 11 is 0. The molecule has 0 fully saturated rings. The van der Waals surface area contributed by atoms with Crippen molar-refractivity contribution >= 4 is 0 Å². The third kappa shape index (κ3) is 5.70. The third-order valence-electron chi connectivity index (χ3n) is 3.53. The van der Waals surface area contributed by atoms with E-state index in [0.717, 1.165) is 37.7 Å². The van der Waals surface area contributed by atoms with Crippen LogP contribution in [0.1, 0.15) is 57.6 Å². The molecule has 0 saturated carbocycles. The molecule has 3 heteroatoms. The van der Waals surface area contributed by atoms with E-state index in [4.69, 9.17) is 5.11 Å². The van der Waals surface area contributed by atoms with E-state index in [0.29, 0.717) is 6.04 Å². The van der Waals surface area contributed by atoms with E-state index in [1.54, 1.807) is 0 Å². The van der Waals surface area contributed by atoms with Gasteiger partial charge >= 0.3 is 0 Å². The molecule has 2 atom stereocenters. The van der Waals surface area contributed by atoms with Crippen LogP contribution in [-0.2, 0) is 0 Å². The van der Waals surface area contributed by atoms with E-state index in [9.17, 15) is 4.39 Å². The van der Waals surface area contributed by atoms with Crippen LogP contribution >= 0.6 is 0 Å². The molecule has 0 aliphatic heterocycles. The van der Waals surface area contributed by atoms with Crippen molar-refractivity contribution in [1.82, 2.24) is 5.32 Å². The second-order valence-electron chi connectivity index (χ2n) is 5.03. The van der Waals surface area contributed by atoms with Crippen molar-refractivity contribution in [1.29, 1.82) is 0 Å². The molecule has 2 nitrogen and oxygen atoms in total. The zero-order chi connectivity index (χ0) is 14.1. The Morgan fingerprint density at radius 3 is 2.37 bits per heavy atom. The average molecular weight is 267 g/mol. The number of hydrogen-bond donors (Lipinski definition) is 2. The summed E-state index contributed by atoms with van der Waals surface area (Å²) in [7, 11) is 0. The first-order valence-corrected chi connectivity index (χ1v) is 7.33. The molecular formula is C16H26FNO. The SMILES string of the molecule is CCCCC(NC(CC)CCO)c1ccc(F)cc1. The third-order valence-corrected chi connectivity index (χ3v) is 3.53. The van der Waals surface area contributed by atoms with Gasteiger partial charge in [-0.3, -0.25) is 0 Å². The lowest BCUT2D eigenvalue weighted by Gasteiger charge is -2.25. The predicted molar refractivity (Wildman–Crippen MR) is 77.6 cm³/mol. The average Bonchev–Trinajstić information content (AvgIpc) is 2.43. The molecule has 0 radical (unpaired) electrons. The van der Waals surface area contributed by atoms with Gasteiger partial charge in [-0.2, -0.15) is 0 Å². The van der Waals surface area contributed by atoms with Crippen LogP contribution < -0.4 is 5.32 Å². The van der Waals surface area contributed by atoms with Crippen LogP contribution in [0.2, 0.25) is 0 Å². The van der Waals surface area contributed by atoms with Crippen molar-refractivity contribution in [3.63, 3.8) is 0 Å². The van der Waals surface area contributed by atoms with Gasteiger partial charge in [0.2, 0.25) is 0 Å². The van der Waals surface area contributed by atoms with E-state index in [1.807, 2.05) is 12.1 Å². The van der Waals surface area contributed by atoms with E-state index in [1.165, 1.54) is 12.1 Å². The predicted octanol–water partition coefficient (Wildman–Crippen LogP) is 3.81. The molecule has 0 aromatic heterocycles. The van der Waals surface area contributed by atoms with Crippen molar-refractivity contribution < 1.29 is 9.50 Å². The number of rotatable bonds is 9. The largest absolute Gasteiger partial charge is 0.396 e. The van der Waals surface area contributed by atoms with E-state index < -0.39 is 0 Å². The lowest BCUT2D eigenvalue weighted by Crippen LogP contribution is -2.33. The Morgan fingerprint density at radius 1 is 1.16 bits per heavy atom. The minimum Gasteiger partial charge on any atom is -0.396 e. The molecule has 2 unspecified atom stereocenters. The number of unbranched alkanes of at least 4 members (excludes halogenated alkanes) is 1. The van der Waals surface area contributed by atoms with Crippen LogP contribution in [0.3, 0.4) is 0 Å². The van der Waals surface area contributed by atoms with Crippen molar-refractivity contribution in [2.24, 2.45) is 0 Å². The monoisotopic (exact) mass is 267 g/mol. The van der Waals surface area contributed by atoms with Gasteiger partial charge < -0.3 is 10.4 Å². The van der Waals surface area contributed by atoms with Crippen LogP contribution in [0.5, 0.6) is 0 Å². The molecule has 108 valence electrons. The number of hydrogen-bond acceptors (Lipinski definition) is 2. The lowest BCUT2D eigenvalue weighted by molar-refractivity contribution is 0.253. The fraction of sp³-hybridized carbons (Fsp3) is 0.625. The highest BCUT2D eigenvalue weighted by Crippen LogP contribution is 2.21. The summed E-state index contributed by atoms with van der Waals surface area (Å²) in [5.41, 5.74) is 1.13. The van der Waals surface area contributed by atoms with Crippen molar-refractivity contribution in [3.8, 4) is 0 Å². The number of nitrogens with one attached hydrogen (secondary N) is 1. The highest BCUT2D eigenvalue weighted by atomic mass is 19.1.